The lowest BCUT2D eigenvalue weighted by Crippen LogP contribution is -2.45. The number of aliphatic hydroxyl groups excluding tert-OH is 1. The minimum Gasteiger partial charge on any atom is -0.497 e. The van der Waals surface area contributed by atoms with E-state index in [2.05, 4.69) is 17.1 Å². The van der Waals surface area contributed by atoms with Crippen molar-refractivity contribution < 1.29 is 9.84 Å². The Morgan fingerprint density at radius 2 is 1.89 bits per heavy atom. The van der Waals surface area contributed by atoms with Crippen molar-refractivity contribution in [2.75, 3.05) is 39.8 Å². The minimum atomic E-state index is -0.416. The molecule has 0 radical (unpaired) electrons. The van der Waals surface area contributed by atoms with Crippen LogP contribution in [0.15, 0.2) is 24.3 Å². The molecule has 1 aliphatic rings. The van der Waals surface area contributed by atoms with Crippen molar-refractivity contribution in [2.45, 2.75) is 13.0 Å². The number of aliphatic hydroxyl groups is 1. The van der Waals surface area contributed by atoms with Crippen LogP contribution in [0.4, 0.5) is 0 Å². The SMILES string of the molecule is COc1ccc(C(O)C(C)CN2CCNCC2)cc1. The molecular weight excluding hydrogens is 240 g/mol. The molecule has 1 aromatic carbocycles. The Bertz CT molecular complexity index is 374. The van der Waals surface area contributed by atoms with Crippen molar-refractivity contribution in [2.24, 2.45) is 5.92 Å². The van der Waals surface area contributed by atoms with Crippen LogP contribution in [0.25, 0.3) is 0 Å². The Morgan fingerprint density at radius 3 is 2.47 bits per heavy atom. The molecule has 2 rings (SSSR count). The van der Waals surface area contributed by atoms with Crippen LogP contribution >= 0.6 is 0 Å². The summed E-state index contributed by atoms with van der Waals surface area (Å²) in [6.45, 7) is 7.28. The topological polar surface area (TPSA) is 44.7 Å². The number of nitrogens with one attached hydrogen (secondary N) is 1. The molecule has 0 bridgehead atoms. The maximum absolute atomic E-state index is 10.4. The van der Waals surface area contributed by atoms with Gasteiger partial charge in [0.15, 0.2) is 0 Å². The Hall–Kier alpha value is -1.10. The fourth-order valence-corrected chi connectivity index (χ4v) is 2.53. The lowest BCUT2D eigenvalue weighted by atomic mass is 9.96. The van der Waals surface area contributed by atoms with Gasteiger partial charge in [-0.2, -0.15) is 0 Å². The number of ether oxygens (including phenoxy) is 1. The molecule has 0 aromatic heterocycles. The van der Waals surface area contributed by atoms with Crippen LogP contribution in [0.1, 0.15) is 18.6 Å². The molecule has 0 spiro atoms. The summed E-state index contributed by atoms with van der Waals surface area (Å²) in [5.41, 5.74) is 0.962. The molecule has 0 amide bonds. The van der Waals surface area contributed by atoms with Crippen LogP contribution in [-0.4, -0.2) is 49.8 Å². The minimum absolute atomic E-state index is 0.228. The summed E-state index contributed by atoms with van der Waals surface area (Å²) in [5, 5.41) is 13.7. The Morgan fingerprint density at radius 1 is 1.26 bits per heavy atom. The van der Waals surface area contributed by atoms with Gasteiger partial charge in [-0.25, -0.2) is 0 Å². The highest BCUT2D eigenvalue weighted by molar-refractivity contribution is 5.28. The molecule has 4 nitrogen and oxygen atoms in total. The second-order valence-corrected chi connectivity index (χ2v) is 5.25. The van der Waals surface area contributed by atoms with Crippen LogP contribution in [-0.2, 0) is 0 Å². The lowest BCUT2D eigenvalue weighted by Gasteiger charge is -2.31. The highest BCUT2D eigenvalue weighted by Crippen LogP contribution is 2.24. The Labute approximate surface area is 115 Å². The fourth-order valence-electron chi connectivity index (χ4n) is 2.53. The van der Waals surface area contributed by atoms with E-state index in [4.69, 9.17) is 4.74 Å². The molecule has 19 heavy (non-hydrogen) atoms. The maximum Gasteiger partial charge on any atom is 0.118 e. The number of hydrogen-bond acceptors (Lipinski definition) is 4. The van der Waals surface area contributed by atoms with E-state index >= 15 is 0 Å². The van der Waals surface area contributed by atoms with Gasteiger partial charge in [0.25, 0.3) is 0 Å². The largest absolute Gasteiger partial charge is 0.497 e. The summed E-state index contributed by atoms with van der Waals surface area (Å²) in [4.78, 5) is 2.41. The average Bonchev–Trinajstić information content (AvgIpc) is 2.47. The molecule has 1 aromatic rings. The molecule has 0 saturated carbocycles. The van der Waals surface area contributed by atoms with Gasteiger partial charge in [-0.1, -0.05) is 19.1 Å². The summed E-state index contributed by atoms with van der Waals surface area (Å²) in [6, 6.07) is 7.68. The zero-order valence-electron chi connectivity index (χ0n) is 11.8. The Kier molecular flexibility index (Phi) is 5.19. The molecule has 1 saturated heterocycles. The molecule has 1 aliphatic heterocycles. The smallest absolute Gasteiger partial charge is 0.118 e. The predicted octanol–water partition coefficient (Wildman–Crippen LogP) is 1.27. The number of methoxy groups -OCH3 is 1. The van der Waals surface area contributed by atoms with Crippen LogP contribution in [0.5, 0.6) is 5.75 Å². The molecule has 4 heteroatoms. The molecule has 1 fully saturated rings. The average molecular weight is 264 g/mol. The number of benzene rings is 1. The second-order valence-electron chi connectivity index (χ2n) is 5.25. The van der Waals surface area contributed by atoms with Crippen LogP contribution < -0.4 is 10.1 Å². The summed E-state index contributed by atoms with van der Waals surface area (Å²) < 4.78 is 5.13. The Balaban J connectivity index is 1.91. The van der Waals surface area contributed by atoms with E-state index in [1.807, 2.05) is 24.3 Å². The van der Waals surface area contributed by atoms with Gasteiger partial charge in [0.1, 0.15) is 5.75 Å². The van der Waals surface area contributed by atoms with Crippen molar-refractivity contribution in [3.05, 3.63) is 29.8 Å². The zero-order chi connectivity index (χ0) is 13.7. The van der Waals surface area contributed by atoms with E-state index in [9.17, 15) is 5.11 Å². The molecular formula is C15H24N2O2. The first kappa shape index (κ1) is 14.3. The number of rotatable bonds is 5. The molecule has 1 heterocycles. The van der Waals surface area contributed by atoms with Crippen LogP contribution in [0.3, 0.4) is 0 Å². The van der Waals surface area contributed by atoms with Gasteiger partial charge in [-0.15, -0.1) is 0 Å². The summed E-state index contributed by atoms with van der Waals surface area (Å²) >= 11 is 0. The summed E-state index contributed by atoms with van der Waals surface area (Å²) in [5.74, 6) is 1.05. The normalized spacial score (nSPS) is 19.9. The fraction of sp³-hybridized carbons (Fsp3) is 0.600. The second kappa shape index (κ2) is 6.89. The van der Waals surface area contributed by atoms with E-state index < -0.39 is 6.10 Å². The zero-order valence-corrected chi connectivity index (χ0v) is 11.8. The van der Waals surface area contributed by atoms with Crippen LogP contribution in [0.2, 0.25) is 0 Å². The van der Waals surface area contributed by atoms with Crippen molar-refractivity contribution in [1.82, 2.24) is 10.2 Å². The summed E-state index contributed by atoms with van der Waals surface area (Å²) in [6.07, 6.45) is -0.416. The molecule has 106 valence electrons. The van der Waals surface area contributed by atoms with Crippen molar-refractivity contribution >= 4 is 0 Å². The highest BCUT2D eigenvalue weighted by atomic mass is 16.5. The molecule has 2 unspecified atom stereocenters. The van der Waals surface area contributed by atoms with Gasteiger partial charge in [0.2, 0.25) is 0 Å². The third-order valence-electron chi connectivity index (χ3n) is 3.75. The maximum atomic E-state index is 10.4. The highest BCUT2D eigenvalue weighted by Gasteiger charge is 2.20. The predicted molar refractivity (Wildman–Crippen MR) is 76.4 cm³/mol. The van der Waals surface area contributed by atoms with Crippen molar-refractivity contribution in [1.29, 1.82) is 0 Å². The number of hydrogen-bond donors (Lipinski definition) is 2. The quantitative estimate of drug-likeness (QED) is 0.840. The van der Waals surface area contributed by atoms with E-state index in [1.165, 1.54) is 0 Å². The lowest BCUT2D eigenvalue weighted by molar-refractivity contribution is 0.0842. The first-order chi connectivity index (χ1) is 9.20. The van der Waals surface area contributed by atoms with E-state index in [-0.39, 0.29) is 5.92 Å². The first-order valence-electron chi connectivity index (χ1n) is 6.96. The van der Waals surface area contributed by atoms with Gasteiger partial charge in [0, 0.05) is 32.7 Å². The van der Waals surface area contributed by atoms with Gasteiger partial charge >= 0.3 is 0 Å². The third-order valence-corrected chi connectivity index (χ3v) is 3.75. The van der Waals surface area contributed by atoms with Crippen molar-refractivity contribution in [3.8, 4) is 5.75 Å². The molecule has 0 aliphatic carbocycles. The van der Waals surface area contributed by atoms with Crippen LogP contribution in [0, 0.1) is 5.92 Å². The van der Waals surface area contributed by atoms with Gasteiger partial charge in [0.05, 0.1) is 13.2 Å². The number of piperazine rings is 1. The van der Waals surface area contributed by atoms with E-state index in [0.29, 0.717) is 0 Å². The summed E-state index contributed by atoms with van der Waals surface area (Å²) in [7, 11) is 1.65. The van der Waals surface area contributed by atoms with E-state index in [0.717, 1.165) is 44.0 Å². The van der Waals surface area contributed by atoms with Crippen molar-refractivity contribution in [3.63, 3.8) is 0 Å². The van der Waals surface area contributed by atoms with E-state index in [1.54, 1.807) is 7.11 Å². The number of nitrogens with zero attached hydrogens (tertiary/aromatic N) is 1. The molecule has 2 atom stereocenters. The first-order valence-corrected chi connectivity index (χ1v) is 6.96. The standard InChI is InChI=1S/C15H24N2O2/c1-12(11-17-9-7-16-8-10-17)15(18)13-3-5-14(19-2)6-4-13/h3-6,12,15-16,18H,7-11H2,1-2H3. The molecule has 2 N–H and O–H groups in total. The van der Waals surface area contributed by atoms with Gasteiger partial charge < -0.3 is 20.1 Å². The monoisotopic (exact) mass is 264 g/mol. The van der Waals surface area contributed by atoms with Gasteiger partial charge in [-0.05, 0) is 23.6 Å². The van der Waals surface area contributed by atoms with Gasteiger partial charge in [-0.3, -0.25) is 0 Å². The third kappa shape index (κ3) is 3.93.